The van der Waals surface area contributed by atoms with E-state index in [-0.39, 0.29) is 5.91 Å². The summed E-state index contributed by atoms with van der Waals surface area (Å²) < 4.78 is 0. The molecule has 118 valence electrons. The van der Waals surface area contributed by atoms with Crippen molar-refractivity contribution < 1.29 is 9.90 Å². The molecule has 0 saturated heterocycles. The van der Waals surface area contributed by atoms with Crippen LogP contribution in [0.1, 0.15) is 24.8 Å². The standard InChI is InChI=1S/C16H26N2O2S/c1-21-12-10-14(17)15(19)16(20)18-11-6-5-9-13-7-3-2-4-8-13/h2-4,7-8,14-15,19H,5-6,9-12,17H2,1H3,(H,18,20). The molecule has 0 bridgehead atoms. The van der Waals surface area contributed by atoms with Gasteiger partial charge >= 0.3 is 0 Å². The summed E-state index contributed by atoms with van der Waals surface area (Å²) in [6.07, 6.45) is 4.43. The summed E-state index contributed by atoms with van der Waals surface area (Å²) in [5, 5.41) is 12.6. The molecule has 0 saturated carbocycles. The van der Waals surface area contributed by atoms with E-state index in [1.54, 1.807) is 11.8 Å². The second-order valence-electron chi connectivity index (χ2n) is 5.12. The van der Waals surface area contributed by atoms with Crippen molar-refractivity contribution >= 4 is 17.7 Å². The lowest BCUT2D eigenvalue weighted by Crippen LogP contribution is -2.46. The van der Waals surface area contributed by atoms with Crippen LogP contribution in [0.5, 0.6) is 0 Å². The van der Waals surface area contributed by atoms with Crippen molar-refractivity contribution in [3.63, 3.8) is 0 Å². The largest absolute Gasteiger partial charge is 0.382 e. The summed E-state index contributed by atoms with van der Waals surface area (Å²) >= 11 is 1.66. The molecule has 1 amide bonds. The lowest BCUT2D eigenvalue weighted by Gasteiger charge is -2.17. The molecule has 1 rings (SSSR count). The summed E-state index contributed by atoms with van der Waals surface area (Å²) in [6, 6.07) is 9.79. The van der Waals surface area contributed by atoms with E-state index in [9.17, 15) is 9.90 Å². The zero-order valence-corrected chi connectivity index (χ0v) is 13.4. The number of hydrogen-bond donors (Lipinski definition) is 3. The maximum Gasteiger partial charge on any atom is 0.250 e. The number of benzene rings is 1. The molecule has 4 N–H and O–H groups in total. The molecular weight excluding hydrogens is 284 g/mol. The van der Waals surface area contributed by atoms with E-state index in [1.807, 2.05) is 24.5 Å². The molecular formula is C16H26N2O2S. The molecule has 0 radical (unpaired) electrons. The lowest BCUT2D eigenvalue weighted by atomic mass is 10.1. The Morgan fingerprint density at radius 1 is 1.33 bits per heavy atom. The molecule has 0 heterocycles. The molecule has 1 aromatic rings. The van der Waals surface area contributed by atoms with Crippen LogP contribution in [0.2, 0.25) is 0 Å². The second-order valence-corrected chi connectivity index (χ2v) is 6.11. The van der Waals surface area contributed by atoms with Gasteiger partial charge in [0.15, 0.2) is 0 Å². The molecule has 0 aromatic heterocycles. The molecule has 21 heavy (non-hydrogen) atoms. The predicted octanol–water partition coefficient (Wildman–Crippen LogP) is 1.57. The van der Waals surface area contributed by atoms with Gasteiger partial charge in [-0.1, -0.05) is 30.3 Å². The van der Waals surface area contributed by atoms with Gasteiger partial charge in [-0.05, 0) is 43.3 Å². The summed E-state index contributed by atoms with van der Waals surface area (Å²) in [6.45, 7) is 0.581. The number of amides is 1. The fourth-order valence-corrected chi connectivity index (χ4v) is 2.53. The molecule has 2 unspecified atom stereocenters. The van der Waals surface area contributed by atoms with E-state index in [4.69, 9.17) is 5.73 Å². The molecule has 0 fully saturated rings. The van der Waals surface area contributed by atoms with Gasteiger partial charge in [0.1, 0.15) is 6.10 Å². The highest BCUT2D eigenvalue weighted by atomic mass is 32.2. The van der Waals surface area contributed by atoms with Crippen molar-refractivity contribution in [3.05, 3.63) is 35.9 Å². The number of aliphatic hydroxyl groups excluding tert-OH is 1. The van der Waals surface area contributed by atoms with E-state index >= 15 is 0 Å². The lowest BCUT2D eigenvalue weighted by molar-refractivity contribution is -0.130. The third-order valence-electron chi connectivity index (χ3n) is 3.36. The van der Waals surface area contributed by atoms with Gasteiger partial charge < -0.3 is 16.2 Å². The molecule has 5 heteroatoms. The number of aryl methyl sites for hydroxylation is 1. The van der Waals surface area contributed by atoms with Crippen LogP contribution in [0.3, 0.4) is 0 Å². The number of nitrogens with two attached hydrogens (primary N) is 1. The molecule has 0 aliphatic heterocycles. The van der Waals surface area contributed by atoms with Crippen molar-refractivity contribution in [1.29, 1.82) is 0 Å². The van der Waals surface area contributed by atoms with Gasteiger partial charge in [0.05, 0.1) is 0 Å². The number of rotatable bonds is 10. The Kier molecular flexibility index (Phi) is 9.14. The van der Waals surface area contributed by atoms with Gasteiger partial charge in [0.2, 0.25) is 5.91 Å². The van der Waals surface area contributed by atoms with Crippen molar-refractivity contribution in [1.82, 2.24) is 5.32 Å². The first kappa shape index (κ1) is 18.0. The van der Waals surface area contributed by atoms with Gasteiger partial charge in [-0.25, -0.2) is 0 Å². The number of carbonyl (C=O) groups excluding carboxylic acids is 1. The van der Waals surface area contributed by atoms with E-state index < -0.39 is 12.1 Å². The van der Waals surface area contributed by atoms with Crippen LogP contribution in [0, 0.1) is 0 Å². The van der Waals surface area contributed by atoms with Crippen LogP contribution in [-0.4, -0.2) is 41.7 Å². The van der Waals surface area contributed by atoms with Crippen molar-refractivity contribution in [2.24, 2.45) is 5.73 Å². The zero-order valence-electron chi connectivity index (χ0n) is 12.6. The van der Waals surface area contributed by atoms with Gasteiger partial charge in [0, 0.05) is 12.6 Å². The number of unbranched alkanes of at least 4 members (excludes halogenated alkanes) is 1. The van der Waals surface area contributed by atoms with E-state index in [0.717, 1.165) is 25.0 Å². The summed E-state index contributed by atoms with van der Waals surface area (Å²) in [4.78, 5) is 11.7. The average Bonchev–Trinajstić information content (AvgIpc) is 2.52. The number of hydrogen-bond acceptors (Lipinski definition) is 4. The minimum Gasteiger partial charge on any atom is -0.382 e. The minimum absolute atomic E-state index is 0.358. The Morgan fingerprint density at radius 3 is 2.71 bits per heavy atom. The summed E-state index contributed by atoms with van der Waals surface area (Å²) in [5.41, 5.74) is 7.09. The van der Waals surface area contributed by atoms with Crippen molar-refractivity contribution in [2.75, 3.05) is 18.6 Å². The third-order valence-corrected chi connectivity index (χ3v) is 4.01. The Bertz CT molecular complexity index is 401. The maximum atomic E-state index is 11.7. The SMILES string of the molecule is CSCCC(N)C(O)C(=O)NCCCCc1ccccc1. The first-order valence-corrected chi connectivity index (χ1v) is 8.78. The molecule has 2 atom stereocenters. The quantitative estimate of drug-likeness (QED) is 0.573. The average molecular weight is 310 g/mol. The van der Waals surface area contributed by atoms with Crippen LogP contribution >= 0.6 is 11.8 Å². The van der Waals surface area contributed by atoms with E-state index in [0.29, 0.717) is 13.0 Å². The second kappa shape index (κ2) is 10.7. The zero-order chi connectivity index (χ0) is 15.5. The van der Waals surface area contributed by atoms with Gasteiger partial charge in [-0.2, -0.15) is 11.8 Å². The minimum atomic E-state index is -1.11. The van der Waals surface area contributed by atoms with Gasteiger partial charge in [-0.3, -0.25) is 4.79 Å². The predicted molar refractivity (Wildman–Crippen MR) is 89.4 cm³/mol. The van der Waals surface area contributed by atoms with Crippen LogP contribution < -0.4 is 11.1 Å². The van der Waals surface area contributed by atoms with Gasteiger partial charge in [0.25, 0.3) is 0 Å². The summed E-state index contributed by atoms with van der Waals surface area (Å²) in [5.74, 6) is 0.492. The number of nitrogens with one attached hydrogen (secondary N) is 1. The number of thioether (sulfide) groups is 1. The first-order valence-electron chi connectivity index (χ1n) is 7.39. The molecule has 0 spiro atoms. The Labute approximate surface area is 131 Å². The van der Waals surface area contributed by atoms with Crippen LogP contribution in [0.4, 0.5) is 0 Å². The highest BCUT2D eigenvalue weighted by molar-refractivity contribution is 7.98. The topological polar surface area (TPSA) is 75.3 Å². The maximum absolute atomic E-state index is 11.7. The Hall–Kier alpha value is -1.04. The molecule has 1 aromatic carbocycles. The normalized spacial score (nSPS) is 13.7. The van der Waals surface area contributed by atoms with E-state index in [2.05, 4.69) is 17.4 Å². The Morgan fingerprint density at radius 2 is 2.05 bits per heavy atom. The van der Waals surface area contributed by atoms with E-state index in [1.165, 1.54) is 5.56 Å². The van der Waals surface area contributed by atoms with Crippen LogP contribution in [0.15, 0.2) is 30.3 Å². The molecule has 0 aliphatic carbocycles. The fourth-order valence-electron chi connectivity index (χ4n) is 2.02. The van der Waals surface area contributed by atoms with Crippen LogP contribution in [-0.2, 0) is 11.2 Å². The number of aliphatic hydroxyl groups is 1. The summed E-state index contributed by atoms with van der Waals surface area (Å²) in [7, 11) is 0. The highest BCUT2D eigenvalue weighted by Gasteiger charge is 2.21. The first-order chi connectivity index (χ1) is 10.1. The Balaban J connectivity index is 2.12. The van der Waals surface area contributed by atoms with Gasteiger partial charge in [-0.15, -0.1) is 0 Å². The third kappa shape index (κ3) is 7.50. The monoisotopic (exact) mass is 310 g/mol. The van der Waals surface area contributed by atoms with Crippen molar-refractivity contribution in [3.8, 4) is 0 Å². The molecule has 0 aliphatic rings. The fraction of sp³-hybridized carbons (Fsp3) is 0.562. The highest BCUT2D eigenvalue weighted by Crippen LogP contribution is 2.05. The van der Waals surface area contributed by atoms with Crippen LogP contribution in [0.25, 0.3) is 0 Å². The molecule has 4 nitrogen and oxygen atoms in total. The van der Waals surface area contributed by atoms with Crippen molar-refractivity contribution in [2.45, 2.75) is 37.8 Å². The smallest absolute Gasteiger partial charge is 0.250 e. The number of carbonyl (C=O) groups is 1.